The highest BCUT2D eigenvalue weighted by Crippen LogP contribution is 2.26. The van der Waals surface area contributed by atoms with Crippen LogP contribution in [0.15, 0.2) is 64.4 Å². The molecule has 0 aliphatic rings. The van der Waals surface area contributed by atoms with Crippen molar-refractivity contribution >= 4 is 15.8 Å². The smallest absolute Gasteiger partial charge is 0.251 e. The average Bonchev–Trinajstić information content (AvgIpc) is 3.09. The fraction of sp³-hybridized carbons (Fsp3) is 0.360. The maximum atomic E-state index is 13.2. The van der Waals surface area contributed by atoms with Gasteiger partial charge in [-0.3, -0.25) is 9.59 Å². The molecule has 0 aliphatic carbocycles. The molecular weight excluding hydrogens is 438 g/mol. The Balaban J connectivity index is 1.94. The number of pyridine rings is 1. The van der Waals surface area contributed by atoms with Crippen LogP contribution in [0.4, 0.5) is 0 Å². The Bertz CT molecular complexity index is 1300. The van der Waals surface area contributed by atoms with E-state index in [0.29, 0.717) is 18.7 Å². The van der Waals surface area contributed by atoms with Crippen molar-refractivity contribution in [1.29, 1.82) is 0 Å². The van der Waals surface area contributed by atoms with Crippen LogP contribution in [0.25, 0.3) is 0 Å². The van der Waals surface area contributed by atoms with E-state index >= 15 is 0 Å². The van der Waals surface area contributed by atoms with Crippen LogP contribution in [0, 0.1) is 13.8 Å². The molecule has 2 heterocycles. The van der Waals surface area contributed by atoms with E-state index in [2.05, 4.69) is 11.5 Å². The van der Waals surface area contributed by atoms with E-state index in [1.54, 1.807) is 13.8 Å². The molecule has 0 saturated carbocycles. The maximum absolute atomic E-state index is 13.2. The standard InChI is InChI=1S/C25H31N3O4S/c1-6-27(7-2)33(31,32)22-13-14-25(30)26(16-22)17-24(29)23-15-18(3)28(20(23)5)19(4)21-11-9-8-10-12-21/h8-16,19H,6-7,17H2,1-5H3/t19-/m0/s1. The lowest BCUT2D eigenvalue weighted by Crippen LogP contribution is -2.32. The molecule has 1 aromatic carbocycles. The molecule has 8 heteroatoms. The first-order valence-corrected chi connectivity index (χ1v) is 12.5. The van der Waals surface area contributed by atoms with E-state index in [0.717, 1.165) is 17.0 Å². The second-order valence-corrected chi connectivity index (χ2v) is 10.0. The van der Waals surface area contributed by atoms with Crippen molar-refractivity contribution in [2.45, 2.75) is 52.1 Å². The molecule has 0 spiro atoms. The first-order chi connectivity index (χ1) is 15.6. The van der Waals surface area contributed by atoms with E-state index in [9.17, 15) is 18.0 Å². The maximum Gasteiger partial charge on any atom is 0.251 e. The minimum absolute atomic E-state index is 0.00164. The average molecular weight is 470 g/mol. The molecule has 3 rings (SSSR count). The van der Waals surface area contributed by atoms with Crippen molar-refractivity contribution in [3.63, 3.8) is 0 Å². The summed E-state index contributed by atoms with van der Waals surface area (Å²) in [5.74, 6) is -0.242. The van der Waals surface area contributed by atoms with Crippen molar-refractivity contribution in [3.8, 4) is 0 Å². The molecule has 2 aromatic heterocycles. The number of hydrogen-bond acceptors (Lipinski definition) is 4. The Morgan fingerprint density at radius 1 is 1.03 bits per heavy atom. The van der Waals surface area contributed by atoms with Crippen LogP contribution >= 0.6 is 0 Å². The SMILES string of the molecule is CCN(CC)S(=O)(=O)c1ccc(=O)n(CC(=O)c2cc(C)n([C@@H](C)c3ccccc3)c2C)c1. The first-order valence-electron chi connectivity index (χ1n) is 11.1. The monoisotopic (exact) mass is 469 g/mol. The highest BCUT2D eigenvalue weighted by molar-refractivity contribution is 7.89. The van der Waals surface area contributed by atoms with Crippen LogP contribution in [-0.4, -0.2) is 40.7 Å². The summed E-state index contributed by atoms with van der Waals surface area (Å²) < 4.78 is 30.3. The van der Waals surface area contributed by atoms with Gasteiger partial charge in [0.25, 0.3) is 5.56 Å². The van der Waals surface area contributed by atoms with Crippen LogP contribution in [-0.2, 0) is 16.6 Å². The van der Waals surface area contributed by atoms with Gasteiger partial charge in [0.2, 0.25) is 10.0 Å². The molecule has 0 fully saturated rings. The summed E-state index contributed by atoms with van der Waals surface area (Å²) in [6.45, 7) is 9.85. The Morgan fingerprint density at radius 3 is 2.27 bits per heavy atom. The number of carbonyl (C=O) groups excluding carboxylic acids is 1. The van der Waals surface area contributed by atoms with E-state index in [4.69, 9.17) is 0 Å². The molecule has 0 aliphatic heterocycles. The molecule has 0 unspecified atom stereocenters. The second-order valence-electron chi connectivity index (χ2n) is 8.08. The van der Waals surface area contributed by atoms with Crippen LogP contribution in [0.5, 0.6) is 0 Å². The third kappa shape index (κ3) is 4.86. The molecule has 1 atom stereocenters. The third-order valence-electron chi connectivity index (χ3n) is 6.07. The number of hydrogen-bond donors (Lipinski definition) is 0. The van der Waals surface area contributed by atoms with Crippen molar-refractivity contribution in [2.75, 3.05) is 13.1 Å². The molecule has 3 aromatic rings. The number of rotatable bonds is 9. The number of Topliss-reactive ketones (excluding diaryl/α,β-unsaturated/α-hetero) is 1. The lowest BCUT2D eigenvalue weighted by atomic mass is 10.1. The molecule has 0 bridgehead atoms. The summed E-state index contributed by atoms with van der Waals surface area (Å²) in [5, 5.41) is 0. The molecule has 7 nitrogen and oxygen atoms in total. The number of aryl methyl sites for hydroxylation is 1. The van der Waals surface area contributed by atoms with Gasteiger partial charge in [0.15, 0.2) is 5.78 Å². The predicted octanol–water partition coefficient (Wildman–Crippen LogP) is 3.79. The topological polar surface area (TPSA) is 81.4 Å². The van der Waals surface area contributed by atoms with Crippen LogP contribution in [0.1, 0.15) is 54.1 Å². The van der Waals surface area contributed by atoms with Gasteiger partial charge >= 0.3 is 0 Å². The quantitative estimate of drug-likeness (QED) is 0.447. The van der Waals surface area contributed by atoms with Gasteiger partial charge in [-0.15, -0.1) is 0 Å². The summed E-state index contributed by atoms with van der Waals surface area (Å²) in [7, 11) is -3.74. The number of aromatic nitrogens is 2. The third-order valence-corrected chi connectivity index (χ3v) is 8.10. The van der Waals surface area contributed by atoms with E-state index in [-0.39, 0.29) is 23.3 Å². The lowest BCUT2D eigenvalue weighted by Gasteiger charge is -2.19. The molecule has 0 saturated heterocycles. The molecule has 176 valence electrons. The van der Waals surface area contributed by atoms with Crippen LogP contribution in [0.3, 0.4) is 0 Å². The van der Waals surface area contributed by atoms with Crippen molar-refractivity contribution in [2.24, 2.45) is 0 Å². The van der Waals surface area contributed by atoms with Gasteiger partial charge in [-0.1, -0.05) is 44.2 Å². The largest absolute Gasteiger partial charge is 0.341 e. The summed E-state index contributed by atoms with van der Waals surface area (Å²) in [6, 6.07) is 14.4. The van der Waals surface area contributed by atoms with E-state index in [1.165, 1.54) is 27.2 Å². The Morgan fingerprint density at radius 2 is 1.67 bits per heavy atom. The summed E-state index contributed by atoms with van der Waals surface area (Å²) in [5.41, 5.74) is 2.99. The first kappa shape index (κ1) is 24.7. The van der Waals surface area contributed by atoms with Gasteiger partial charge in [-0.05, 0) is 38.5 Å². The minimum atomic E-state index is -3.74. The highest BCUT2D eigenvalue weighted by Gasteiger charge is 2.24. The van der Waals surface area contributed by atoms with Crippen molar-refractivity contribution in [1.82, 2.24) is 13.4 Å². The Hall–Kier alpha value is -2.97. The van der Waals surface area contributed by atoms with Crippen LogP contribution < -0.4 is 5.56 Å². The highest BCUT2D eigenvalue weighted by atomic mass is 32.2. The Kier molecular flexibility index (Phi) is 7.39. The van der Waals surface area contributed by atoms with Crippen molar-refractivity contribution in [3.05, 3.63) is 87.6 Å². The van der Waals surface area contributed by atoms with E-state index < -0.39 is 15.6 Å². The number of carbonyl (C=O) groups is 1. The number of benzene rings is 1. The zero-order valence-electron chi connectivity index (χ0n) is 19.8. The van der Waals surface area contributed by atoms with Gasteiger partial charge in [0.1, 0.15) is 0 Å². The normalized spacial score (nSPS) is 12.8. The Labute approximate surface area is 195 Å². The summed E-state index contributed by atoms with van der Waals surface area (Å²) in [4.78, 5) is 25.6. The molecule has 0 N–H and O–H groups in total. The lowest BCUT2D eigenvalue weighted by molar-refractivity contribution is 0.0969. The number of sulfonamides is 1. The van der Waals surface area contributed by atoms with Crippen molar-refractivity contribution < 1.29 is 13.2 Å². The van der Waals surface area contributed by atoms with Gasteiger partial charge in [-0.25, -0.2) is 8.42 Å². The van der Waals surface area contributed by atoms with Gasteiger partial charge in [-0.2, -0.15) is 4.31 Å². The molecule has 33 heavy (non-hydrogen) atoms. The second kappa shape index (κ2) is 9.89. The molecule has 0 radical (unpaired) electrons. The zero-order chi connectivity index (χ0) is 24.3. The van der Waals surface area contributed by atoms with E-state index in [1.807, 2.05) is 50.2 Å². The van der Waals surface area contributed by atoms with Gasteiger partial charge < -0.3 is 9.13 Å². The van der Waals surface area contributed by atoms with Gasteiger partial charge in [0.05, 0.1) is 17.5 Å². The summed E-state index contributed by atoms with van der Waals surface area (Å²) >= 11 is 0. The van der Waals surface area contributed by atoms with Crippen LogP contribution in [0.2, 0.25) is 0 Å². The number of nitrogens with zero attached hydrogens (tertiary/aromatic N) is 3. The predicted molar refractivity (Wildman–Crippen MR) is 129 cm³/mol. The number of ketones is 1. The molecule has 0 amide bonds. The fourth-order valence-electron chi connectivity index (χ4n) is 4.27. The molecular formula is C25H31N3O4S. The summed E-state index contributed by atoms with van der Waals surface area (Å²) in [6.07, 6.45) is 1.26. The minimum Gasteiger partial charge on any atom is -0.341 e. The van der Waals surface area contributed by atoms with Gasteiger partial charge in [0, 0.05) is 42.3 Å². The zero-order valence-corrected chi connectivity index (χ0v) is 20.6. The fourth-order valence-corrected chi connectivity index (χ4v) is 5.75.